The monoisotopic (exact) mass is 497 g/mol. The largest absolute Gasteiger partial charge is 0.479 e. The number of aliphatic carboxylic acids is 1. The van der Waals surface area contributed by atoms with Crippen molar-refractivity contribution in [3.8, 4) is 0 Å². The van der Waals surface area contributed by atoms with Gasteiger partial charge in [0, 0.05) is 13.1 Å². The molecule has 1 fully saturated rings. The van der Waals surface area contributed by atoms with Crippen LogP contribution in [0.25, 0.3) is 0 Å². The van der Waals surface area contributed by atoms with Crippen LogP contribution in [0.1, 0.15) is 24.5 Å². The van der Waals surface area contributed by atoms with Crippen molar-refractivity contribution in [3.05, 3.63) is 71.8 Å². The average Bonchev–Trinajstić information content (AvgIpc) is 3.30. The average molecular weight is 498 g/mol. The van der Waals surface area contributed by atoms with Gasteiger partial charge < -0.3 is 35.4 Å². The molecular weight excluding hydrogens is 466 g/mol. The van der Waals surface area contributed by atoms with Crippen molar-refractivity contribution in [1.29, 1.82) is 0 Å². The number of carboxylic acids is 1. The molecule has 36 heavy (non-hydrogen) atoms. The van der Waals surface area contributed by atoms with Gasteiger partial charge in [-0.3, -0.25) is 9.79 Å². The van der Waals surface area contributed by atoms with Crippen LogP contribution in [0.3, 0.4) is 0 Å². The van der Waals surface area contributed by atoms with Gasteiger partial charge in [-0.2, -0.15) is 0 Å². The third-order valence-electron chi connectivity index (χ3n) is 6.98. The Morgan fingerprint density at radius 3 is 2.08 bits per heavy atom. The van der Waals surface area contributed by atoms with Crippen molar-refractivity contribution in [1.82, 2.24) is 10.2 Å². The van der Waals surface area contributed by atoms with Gasteiger partial charge in [0.05, 0.1) is 12.4 Å². The minimum Gasteiger partial charge on any atom is -0.479 e. The first-order valence-electron chi connectivity index (χ1n) is 11.9. The van der Waals surface area contributed by atoms with E-state index in [0.717, 1.165) is 12.4 Å². The number of aliphatic hydroxyl groups is 3. The summed E-state index contributed by atoms with van der Waals surface area (Å²) in [7, 11) is 0. The maximum absolute atomic E-state index is 14.2. The van der Waals surface area contributed by atoms with E-state index in [0.29, 0.717) is 30.6 Å². The predicted molar refractivity (Wildman–Crippen MR) is 130 cm³/mol. The molecule has 1 saturated heterocycles. The zero-order chi connectivity index (χ0) is 25.9. The molecule has 5 atom stereocenters. The third-order valence-corrected chi connectivity index (χ3v) is 6.98. The zero-order valence-corrected chi connectivity index (χ0v) is 19.9. The first-order chi connectivity index (χ1) is 17.3. The molecule has 10 heteroatoms. The number of carbonyl (C=O) groups excluding carboxylic acids is 1. The van der Waals surface area contributed by atoms with Gasteiger partial charge in [0.25, 0.3) is 0 Å². The molecule has 2 heterocycles. The lowest BCUT2D eigenvalue weighted by Gasteiger charge is -2.41. The maximum Gasteiger partial charge on any atom is 0.335 e. The number of amidine groups is 1. The Labute approximate surface area is 208 Å². The number of amides is 1. The Hall–Kier alpha value is -3.31. The van der Waals surface area contributed by atoms with E-state index < -0.39 is 47.9 Å². The molecule has 0 aliphatic carbocycles. The third kappa shape index (κ3) is 4.85. The molecule has 2 aliphatic heterocycles. The molecule has 2 aromatic rings. The topological polar surface area (TPSA) is 152 Å². The molecule has 0 bridgehead atoms. The summed E-state index contributed by atoms with van der Waals surface area (Å²) in [6.07, 6.45) is -8.45. The minimum atomic E-state index is -1.85. The van der Waals surface area contributed by atoms with E-state index in [-0.39, 0.29) is 0 Å². The molecule has 2 aromatic carbocycles. The lowest BCUT2D eigenvalue weighted by Crippen LogP contribution is -2.65. The number of carbonyl (C=O) groups is 2. The van der Waals surface area contributed by atoms with Crippen LogP contribution in [0.4, 0.5) is 0 Å². The number of benzene rings is 2. The lowest BCUT2D eigenvalue weighted by atomic mass is 9.71. The molecule has 0 aromatic heterocycles. The number of rotatable bonds is 8. The number of ether oxygens (including phenoxy) is 1. The van der Waals surface area contributed by atoms with Crippen LogP contribution in [0.15, 0.2) is 65.7 Å². The SMILES string of the molecule is CC1=NCCN1CCC(C(=O)NC1O[C@@H](C(=O)O)[C@H](O)[C@@H](O)[C@@H]1O)(c1ccccc1)c1ccccc1. The van der Waals surface area contributed by atoms with Gasteiger partial charge >= 0.3 is 5.97 Å². The van der Waals surface area contributed by atoms with Crippen LogP contribution in [0.2, 0.25) is 0 Å². The highest BCUT2D eigenvalue weighted by Crippen LogP contribution is 2.37. The van der Waals surface area contributed by atoms with Crippen LogP contribution < -0.4 is 5.32 Å². The van der Waals surface area contributed by atoms with Crippen molar-refractivity contribution in [2.45, 2.75) is 49.4 Å². The van der Waals surface area contributed by atoms with E-state index in [2.05, 4.69) is 15.2 Å². The van der Waals surface area contributed by atoms with Gasteiger partial charge in [0.15, 0.2) is 12.3 Å². The van der Waals surface area contributed by atoms with Crippen LogP contribution in [0.5, 0.6) is 0 Å². The second kappa shape index (κ2) is 10.8. The predicted octanol–water partition coefficient (Wildman–Crippen LogP) is 0.105. The van der Waals surface area contributed by atoms with E-state index in [9.17, 15) is 30.0 Å². The summed E-state index contributed by atoms with van der Waals surface area (Å²) in [6.45, 7) is 3.85. The Morgan fingerprint density at radius 1 is 1.00 bits per heavy atom. The first-order valence-corrected chi connectivity index (χ1v) is 11.9. The molecule has 192 valence electrons. The highest BCUT2D eigenvalue weighted by atomic mass is 16.6. The molecule has 4 rings (SSSR count). The summed E-state index contributed by atoms with van der Waals surface area (Å²) in [4.78, 5) is 32.3. The van der Waals surface area contributed by atoms with E-state index in [1.54, 1.807) is 0 Å². The summed E-state index contributed by atoms with van der Waals surface area (Å²) in [6, 6.07) is 18.4. The molecule has 10 nitrogen and oxygen atoms in total. The zero-order valence-electron chi connectivity index (χ0n) is 19.9. The van der Waals surface area contributed by atoms with Crippen LogP contribution in [0, 0.1) is 0 Å². The maximum atomic E-state index is 14.2. The molecule has 0 radical (unpaired) electrons. The Morgan fingerprint density at radius 2 is 1.58 bits per heavy atom. The minimum absolute atomic E-state index is 0.343. The van der Waals surface area contributed by atoms with Crippen LogP contribution in [-0.4, -0.2) is 93.3 Å². The molecule has 0 spiro atoms. The van der Waals surface area contributed by atoms with Crippen molar-refractivity contribution in [2.75, 3.05) is 19.6 Å². The second-order valence-electron chi connectivity index (χ2n) is 9.06. The van der Waals surface area contributed by atoms with Crippen LogP contribution in [-0.2, 0) is 19.7 Å². The quantitative estimate of drug-likeness (QED) is 0.345. The van der Waals surface area contributed by atoms with Crippen molar-refractivity contribution in [3.63, 3.8) is 0 Å². The fraction of sp³-hybridized carbons (Fsp3) is 0.423. The van der Waals surface area contributed by atoms with Gasteiger partial charge in [-0.25, -0.2) is 4.79 Å². The normalized spacial score (nSPS) is 26.4. The van der Waals surface area contributed by atoms with E-state index in [1.165, 1.54) is 0 Å². The molecular formula is C26H31N3O7. The highest BCUT2D eigenvalue weighted by Gasteiger charge is 2.50. The molecule has 1 amide bonds. The summed E-state index contributed by atoms with van der Waals surface area (Å²) in [5, 5.41) is 42.9. The molecule has 1 unspecified atom stereocenters. The Balaban J connectivity index is 1.73. The number of nitrogens with zero attached hydrogens (tertiary/aromatic N) is 2. The summed E-state index contributed by atoms with van der Waals surface area (Å²) in [5.41, 5.74) is 0.153. The van der Waals surface area contributed by atoms with E-state index >= 15 is 0 Å². The van der Waals surface area contributed by atoms with Gasteiger partial charge in [0.2, 0.25) is 5.91 Å². The first kappa shape index (κ1) is 25.8. The molecule has 0 saturated carbocycles. The summed E-state index contributed by atoms with van der Waals surface area (Å²) < 4.78 is 5.35. The number of nitrogens with one attached hydrogen (secondary N) is 1. The van der Waals surface area contributed by atoms with Crippen molar-refractivity contribution < 1.29 is 34.8 Å². The fourth-order valence-corrected chi connectivity index (χ4v) is 4.90. The van der Waals surface area contributed by atoms with Gasteiger partial charge in [-0.15, -0.1) is 0 Å². The molecule has 5 N–H and O–H groups in total. The summed E-state index contributed by atoms with van der Waals surface area (Å²) >= 11 is 0. The summed E-state index contributed by atoms with van der Waals surface area (Å²) in [5.74, 6) is -1.17. The second-order valence-corrected chi connectivity index (χ2v) is 9.06. The number of hydrogen-bond donors (Lipinski definition) is 5. The smallest absolute Gasteiger partial charge is 0.335 e. The van der Waals surface area contributed by atoms with Gasteiger partial charge in [-0.1, -0.05) is 60.7 Å². The fourth-order valence-electron chi connectivity index (χ4n) is 4.90. The highest BCUT2D eigenvalue weighted by molar-refractivity contribution is 5.92. The van der Waals surface area contributed by atoms with Gasteiger partial charge in [-0.05, 0) is 24.5 Å². The number of aliphatic imine (C=N–C) groups is 1. The van der Waals surface area contributed by atoms with E-state index in [4.69, 9.17) is 4.74 Å². The number of carboxylic acid groups (broad SMARTS) is 1. The number of aliphatic hydroxyl groups excluding tert-OH is 3. The van der Waals surface area contributed by atoms with E-state index in [1.807, 2.05) is 67.6 Å². The van der Waals surface area contributed by atoms with Crippen molar-refractivity contribution >= 4 is 17.7 Å². The number of hydrogen-bond acceptors (Lipinski definition) is 8. The Kier molecular flexibility index (Phi) is 7.70. The van der Waals surface area contributed by atoms with Crippen LogP contribution >= 0.6 is 0 Å². The standard InChI is InChI=1S/C26H31N3O7/c1-16-27-13-15-29(16)14-12-26(17-8-4-2-5-9-17,18-10-6-3-7-11-18)25(35)28-23-21(32)19(30)20(31)22(36-23)24(33)34/h2-11,19-23,30-32H,12-15H2,1H3,(H,28,35)(H,33,34)/t19-,20-,21+,22-,23?/m1/s1. The van der Waals surface area contributed by atoms with Crippen molar-refractivity contribution in [2.24, 2.45) is 4.99 Å². The lowest BCUT2D eigenvalue weighted by molar-refractivity contribution is -0.234. The Bertz CT molecular complexity index is 1060. The van der Waals surface area contributed by atoms with Gasteiger partial charge in [0.1, 0.15) is 23.7 Å². The molecule has 2 aliphatic rings.